The molecule has 2 N–H and O–H groups in total. The van der Waals surface area contributed by atoms with E-state index in [0.717, 1.165) is 7.11 Å². The molecule has 0 atom stereocenters. The second-order valence-electron chi connectivity index (χ2n) is 5.93. The topological polar surface area (TPSA) is 176 Å². The fraction of sp³-hybridized carbons (Fsp3) is 0.222. The van der Waals surface area contributed by atoms with Crippen LogP contribution in [0, 0.1) is 0 Å². The van der Waals surface area contributed by atoms with Gasteiger partial charge in [0.05, 0.1) is 28.4 Å². The van der Waals surface area contributed by atoms with Crippen LogP contribution in [0.2, 0.25) is 0 Å². The second-order valence-corrected chi connectivity index (χ2v) is 8.17. The summed E-state index contributed by atoms with van der Waals surface area (Å²) in [7, 11) is -5.40. The van der Waals surface area contributed by atoms with E-state index in [0.29, 0.717) is 22.8 Å². The Kier molecular flexibility index (Phi) is 15.3. The quantitative estimate of drug-likeness (QED) is 0.160. The Morgan fingerprint density at radius 2 is 1.35 bits per heavy atom. The minimum atomic E-state index is -5.65. The van der Waals surface area contributed by atoms with E-state index < -0.39 is 27.1 Å². The Labute approximate surface area is 281 Å². The van der Waals surface area contributed by atoms with Crippen molar-refractivity contribution in [2.45, 2.75) is 0 Å². The third-order valence-corrected chi connectivity index (χ3v) is 4.71. The maximum Gasteiger partial charge on any atom is 1.00 e. The fourth-order valence-electron chi connectivity index (χ4n) is 2.65. The summed E-state index contributed by atoms with van der Waals surface area (Å²) in [5.41, 5.74) is 0.445. The summed E-state index contributed by atoms with van der Waals surface area (Å²) in [6.07, 6.45) is 2.79. The summed E-state index contributed by atoms with van der Waals surface area (Å²) < 4.78 is 52.3. The van der Waals surface area contributed by atoms with Gasteiger partial charge in [-0.1, -0.05) is 12.2 Å². The van der Waals surface area contributed by atoms with Crippen LogP contribution < -0.4 is 141 Å². The largest absolute Gasteiger partial charge is 1.00 e. The van der Waals surface area contributed by atoms with Crippen molar-refractivity contribution in [3.63, 3.8) is 0 Å². The third kappa shape index (κ3) is 10.1. The molecule has 0 spiro atoms. The predicted molar refractivity (Wildman–Crippen MR) is 109 cm³/mol. The standard InChI is InChI=1S/C18H22O12P2.2K/c1-25-13-8-7-12(16(29-31(19,20)21)18(13)30-32(22,23)24)6-5-11-9-14(26-2)17(28-4)15(10-11)27-3;;/h5-10H,1-4H3,(H2,19,20,21)(H2,22,23,24);;/q;2*+1/p-2/b6-5-;;/i4+2;;. The molecule has 2 rings (SSSR count). The number of hydrogen-bond acceptors (Lipinski definition) is 10. The zero-order chi connectivity index (χ0) is 24.1. The van der Waals surface area contributed by atoms with Crippen molar-refractivity contribution in [3.8, 4) is 34.5 Å². The molecule has 0 aliphatic carbocycles. The molecule has 0 radical (unpaired) electrons. The molecule has 2 aromatic carbocycles. The van der Waals surface area contributed by atoms with Gasteiger partial charge in [0.25, 0.3) is 0 Å². The van der Waals surface area contributed by atoms with Gasteiger partial charge in [-0.05, 0) is 29.8 Å². The first-order valence-corrected chi connectivity index (χ1v) is 11.6. The van der Waals surface area contributed by atoms with Crippen LogP contribution in [0.25, 0.3) is 12.2 Å². The Morgan fingerprint density at radius 3 is 1.76 bits per heavy atom. The summed E-state index contributed by atoms with van der Waals surface area (Å²) in [4.78, 5) is 40.9. The average Bonchev–Trinajstić information content (AvgIpc) is 2.71. The van der Waals surface area contributed by atoms with Crippen molar-refractivity contribution in [1.82, 2.24) is 0 Å². The van der Waals surface area contributed by atoms with Crippen molar-refractivity contribution < 1.29 is 159 Å². The van der Waals surface area contributed by atoms with Crippen LogP contribution in [-0.2, 0) is 9.13 Å². The first-order chi connectivity index (χ1) is 14.9. The van der Waals surface area contributed by atoms with Gasteiger partial charge in [-0.2, -0.15) is 0 Å². The van der Waals surface area contributed by atoms with Gasteiger partial charge in [0.15, 0.2) is 23.0 Å². The van der Waals surface area contributed by atoms with Crippen LogP contribution in [0.5, 0.6) is 34.5 Å². The first-order valence-electron chi connectivity index (χ1n) is 8.58. The van der Waals surface area contributed by atoms with Crippen LogP contribution in [0.3, 0.4) is 0 Å². The van der Waals surface area contributed by atoms with E-state index in [1.54, 1.807) is 12.1 Å². The molecule has 0 unspecified atom stereocenters. The molecule has 2 aromatic rings. The van der Waals surface area contributed by atoms with Gasteiger partial charge in [-0.15, -0.1) is 0 Å². The van der Waals surface area contributed by atoms with E-state index in [9.17, 15) is 28.7 Å². The predicted octanol–water partition coefficient (Wildman–Crippen LogP) is -4.42. The minimum absolute atomic E-state index is 0. The minimum Gasteiger partial charge on any atom is -0.780 e. The number of methoxy groups -OCH3 is 4. The second kappa shape index (κ2) is 15.1. The van der Waals surface area contributed by atoms with Gasteiger partial charge < -0.3 is 42.3 Å². The van der Waals surface area contributed by atoms with Crippen LogP contribution >= 0.6 is 15.6 Å². The molecule has 0 aliphatic rings. The molecule has 12 nitrogen and oxygen atoms in total. The van der Waals surface area contributed by atoms with Gasteiger partial charge in [-0.3, -0.25) is 9.79 Å². The molecule has 0 saturated carbocycles. The molecule has 0 bridgehead atoms. The van der Waals surface area contributed by atoms with Crippen LogP contribution in [0.4, 0.5) is 0 Å². The molecule has 16 heteroatoms. The van der Waals surface area contributed by atoms with Crippen LogP contribution in [0.15, 0.2) is 24.3 Å². The Bertz CT molecular complexity index is 1070. The average molecular weight is 570 g/mol. The van der Waals surface area contributed by atoms with Gasteiger partial charge in [0, 0.05) is 5.56 Å². The van der Waals surface area contributed by atoms with Gasteiger partial charge >= 0.3 is 111 Å². The number of benzene rings is 2. The van der Waals surface area contributed by atoms with Crippen molar-refractivity contribution >= 4 is 27.8 Å². The number of ether oxygens (including phenoxy) is 4. The zero-order valence-electron chi connectivity index (χ0n) is 19.3. The van der Waals surface area contributed by atoms with Crippen molar-refractivity contribution in [2.75, 3.05) is 28.4 Å². The van der Waals surface area contributed by atoms with Crippen molar-refractivity contribution in [3.05, 3.63) is 35.4 Å². The van der Waals surface area contributed by atoms with Gasteiger partial charge in [0.1, 0.15) is 7.82 Å². The van der Waals surface area contributed by atoms with E-state index in [-0.39, 0.29) is 114 Å². The van der Waals surface area contributed by atoms with Gasteiger partial charge in [-0.25, -0.2) is 4.57 Å². The summed E-state index contributed by atoms with van der Waals surface area (Å²) in [6.45, 7) is 0. The maximum absolute atomic E-state index is 11.4. The summed E-state index contributed by atoms with van der Waals surface area (Å²) in [6, 6.07) is 5.71. The monoisotopic (exact) mass is 570 g/mol. The molecule has 0 fully saturated rings. The molecule has 0 saturated heterocycles. The van der Waals surface area contributed by atoms with E-state index in [1.165, 1.54) is 45.6 Å². The molecule has 34 heavy (non-hydrogen) atoms. The molecule has 0 amide bonds. The molecule has 176 valence electrons. The van der Waals surface area contributed by atoms with Crippen LogP contribution in [0.1, 0.15) is 11.1 Å². The third-order valence-electron chi connectivity index (χ3n) is 3.88. The Balaban J connectivity index is 0.00000544. The number of phosphoric acid groups is 2. The molecule has 0 heterocycles. The van der Waals surface area contributed by atoms with E-state index in [4.69, 9.17) is 18.9 Å². The molecule has 0 aliphatic heterocycles. The van der Waals surface area contributed by atoms with Crippen molar-refractivity contribution in [1.29, 1.82) is 0 Å². The molecular formula is C18H20K2O12P2. The number of rotatable bonds is 10. The van der Waals surface area contributed by atoms with E-state index >= 15 is 0 Å². The SMILES string of the molecule is COc1cc(/C=C\c2ccc(OC)c(OP(=O)(O)O)c2OP(=O)([O-])[O-])cc(OC)c1O[14CH3].[K+].[K+]. The molecule has 0 aromatic heterocycles. The van der Waals surface area contributed by atoms with Gasteiger partial charge in [0.2, 0.25) is 11.5 Å². The number of hydrogen-bond donors (Lipinski definition) is 2. The van der Waals surface area contributed by atoms with E-state index in [1.807, 2.05) is 0 Å². The summed E-state index contributed by atoms with van der Waals surface area (Å²) in [5, 5.41) is 0. The zero-order valence-corrected chi connectivity index (χ0v) is 27.4. The Hall–Kier alpha value is 0.553. The van der Waals surface area contributed by atoms with Crippen molar-refractivity contribution in [2.24, 2.45) is 0 Å². The van der Waals surface area contributed by atoms with Crippen LogP contribution in [-0.4, -0.2) is 38.2 Å². The number of phosphoric ester groups is 2. The molecular weight excluding hydrogens is 550 g/mol. The summed E-state index contributed by atoms with van der Waals surface area (Å²) in [5.74, 6) is -0.776. The fourth-order valence-corrected chi connectivity index (χ4v) is 3.47. The Morgan fingerprint density at radius 1 is 0.824 bits per heavy atom. The smallest absolute Gasteiger partial charge is 0.780 e. The van der Waals surface area contributed by atoms with E-state index in [2.05, 4.69) is 9.05 Å². The summed E-state index contributed by atoms with van der Waals surface area (Å²) >= 11 is 0. The first kappa shape index (κ1) is 34.6. The maximum atomic E-state index is 11.4. The normalized spacial score (nSPS) is 11.2.